The zero-order valence-corrected chi connectivity index (χ0v) is 17.6. The lowest BCUT2D eigenvalue weighted by atomic mass is 9.85. The maximum atomic E-state index is 12.9. The monoisotopic (exact) mass is 382 g/mol. The molecule has 150 valence electrons. The van der Waals surface area contributed by atoms with Crippen molar-refractivity contribution in [3.8, 4) is 5.75 Å². The molecule has 5 heteroatoms. The van der Waals surface area contributed by atoms with Gasteiger partial charge < -0.3 is 15.4 Å². The molecule has 0 heterocycles. The molecule has 2 aromatic rings. The first kappa shape index (κ1) is 21.5. The van der Waals surface area contributed by atoms with Gasteiger partial charge in [-0.2, -0.15) is 0 Å². The first-order chi connectivity index (χ1) is 13.1. The van der Waals surface area contributed by atoms with E-state index in [9.17, 15) is 9.59 Å². The van der Waals surface area contributed by atoms with Gasteiger partial charge in [-0.3, -0.25) is 9.59 Å². The number of ether oxygens (including phenoxy) is 1. The van der Waals surface area contributed by atoms with Crippen LogP contribution in [0.4, 0.5) is 11.4 Å². The Kier molecular flexibility index (Phi) is 6.49. The van der Waals surface area contributed by atoms with Crippen molar-refractivity contribution in [3.63, 3.8) is 0 Å². The molecule has 2 amide bonds. The van der Waals surface area contributed by atoms with Gasteiger partial charge in [-0.15, -0.1) is 0 Å². The second kappa shape index (κ2) is 8.46. The molecule has 0 atom stereocenters. The van der Waals surface area contributed by atoms with Crippen LogP contribution in [0.5, 0.6) is 5.75 Å². The average molecular weight is 383 g/mol. The maximum absolute atomic E-state index is 12.9. The number of hydrogen-bond acceptors (Lipinski definition) is 3. The molecular weight excluding hydrogens is 352 g/mol. The van der Waals surface area contributed by atoms with Gasteiger partial charge in [-0.25, -0.2) is 0 Å². The molecule has 0 saturated carbocycles. The van der Waals surface area contributed by atoms with Crippen LogP contribution in [0, 0.1) is 5.41 Å². The molecule has 0 aromatic heterocycles. The number of hydrogen-bond donors (Lipinski definition) is 2. The third-order valence-corrected chi connectivity index (χ3v) is 4.54. The van der Waals surface area contributed by atoms with Crippen LogP contribution in [-0.4, -0.2) is 18.4 Å². The van der Waals surface area contributed by atoms with Crippen LogP contribution in [0.2, 0.25) is 0 Å². The van der Waals surface area contributed by atoms with Crippen molar-refractivity contribution in [2.75, 3.05) is 17.2 Å². The molecule has 0 bridgehead atoms. The first-order valence-electron chi connectivity index (χ1n) is 9.51. The highest BCUT2D eigenvalue weighted by Crippen LogP contribution is 2.31. The van der Waals surface area contributed by atoms with E-state index in [2.05, 4.69) is 31.4 Å². The summed E-state index contributed by atoms with van der Waals surface area (Å²) < 4.78 is 5.40. The van der Waals surface area contributed by atoms with Crippen molar-refractivity contribution in [3.05, 3.63) is 54.1 Å². The second-order valence-electron chi connectivity index (χ2n) is 8.29. The Balaban J connectivity index is 2.13. The number of rotatable bonds is 6. The molecule has 0 unspecified atom stereocenters. The highest BCUT2D eigenvalue weighted by atomic mass is 16.5. The van der Waals surface area contributed by atoms with Crippen LogP contribution >= 0.6 is 0 Å². The van der Waals surface area contributed by atoms with Gasteiger partial charge in [0.05, 0.1) is 6.61 Å². The van der Waals surface area contributed by atoms with E-state index in [1.54, 1.807) is 38.1 Å². The Morgan fingerprint density at radius 1 is 0.857 bits per heavy atom. The van der Waals surface area contributed by atoms with Crippen molar-refractivity contribution < 1.29 is 14.3 Å². The fourth-order valence-electron chi connectivity index (χ4n) is 2.72. The van der Waals surface area contributed by atoms with E-state index in [0.717, 1.165) is 17.0 Å². The fraction of sp³-hybridized carbons (Fsp3) is 0.391. The number of para-hydroxylation sites is 1. The highest BCUT2D eigenvalue weighted by molar-refractivity contribution is 6.14. The van der Waals surface area contributed by atoms with Crippen LogP contribution in [0.3, 0.4) is 0 Å². The number of carbonyl (C=O) groups excluding carboxylic acids is 2. The summed E-state index contributed by atoms with van der Waals surface area (Å²) in [4.78, 5) is 25.6. The van der Waals surface area contributed by atoms with E-state index in [4.69, 9.17) is 4.74 Å². The standard InChI is InChI=1S/C23H30N2O3/c1-7-28-17-14-12-16(13-15-17)24-20(26)23(5,6)21(27)25-19-11-9-8-10-18(19)22(2,3)4/h8-15H,7H2,1-6H3,(H,24,26)(H,25,27). The minimum atomic E-state index is -1.25. The number of benzene rings is 2. The molecule has 0 aliphatic carbocycles. The van der Waals surface area contributed by atoms with Crippen LogP contribution in [0.1, 0.15) is 47.1 Å². The number of carbonyl (C=O) groups is 2. The molecule has 5 nitrogen and oxygen atoms in total. The fourth-order valence-corrected chi connectivity index (χ4v) is 2.72. The molecular formula is C23H30N2O3. The lowest BCUT2D eigenvalue weighted by Gasteiger charge is -2.26. The summed E-state index contributed by atoms with van der Waals surface area (Å²) in [5.41, 5.74) is 0.986. The topological polar surface area (TPSA) is 67.4 Å². The third-order valence-electron chi connectivity index (χ3n) is 4.54. The van der Waals surface area contributed by atoms with Gasteiger partial charge >= 0.3 is 0 Å². The smallest absolute Gasteiger partial charge is 0.239 e. The minimum Gasteiger partial charge on any atom is -0.494 e. The number of anilines is 2. The van der Waals surface area contributed by atoms with Gasteiger partial charge in [0.25, 0.3) is 0 Å². The summed E-state index contributed by atoms with van der Waals surface area (Å²) in [5.74, 6) is 0.00586. The summed E-state index contributed by atoms with van der Waals surface area (Å²) in [6, 6.07) is 14.7. The van der Waals surface area contributed by atoms with E-state index < -0.39 is 5.41 Å². The Morgan fingerprint density at radius 2 is 1.43 bits per heavy atom. The quantitative estimate of drug-likeness (QED) is 0.692. The summed E-state index contributed by atoms with van der Waals surface area (Å²) >= 11 is 0. The van der Waals surface area contributed by atoms with Gasteiger partial charge in [0, 0.05) is 11.4 Å². The van der Waals surface area contributed by atoms with Crippen LogP contribution in [0.15, 0.2) is 48.5 Å². The summed E-state index contributed by atoms with van der Waals surface area (Å²) in [7, 11) is 0. The van der Waals surface area contributed by atoms with Crippen LogP contribution in [-0.2, 0) is 15.0 Å². The molecule has 0 aliphatic heterocycles. The Hall–Kier alpha value is -2.82. The third kappa shape index (κ3) is 5.12. The number of nitrogens with one attached hydrogen (secondary N) is 2. The van der Waals surface area contributed by atoms with E-state index >= 15 is 0 Å². The largest absolute Gasteiger partial charge is 0.494 e. The SMILES string of the molecule is CCOc1ccc(NC(=O)C(C)(C)C(=O)Nc2ccccc2C(C)(C)C)cc1. The van der Waals surface area contributed by atoms with E-state index in [0.29, 0.717) is 12.3 Å². The first-order valence-corrected chi connectivity index (χ1v) is 9.51. The van der Waals surface area contributed by atoms with Crippen molar-refractivity contribution in [1.29, 1.82) is 0 Å². The molecule has 0 radical (unpaired) electrons. The van der Waals surface area contributed by atoms with E-state index in [1.165, 1.54) is 0 Å². The molecule has 2 rings (SSSR count). The molecule has 2 N–H and O–H groups in total. The molecule has 0 spiro atoms. The van der Waals surface area contributed by atoms with E-state index in [-0.39, 0.29) is 17.2 Å². The van der Waals surface area contributed by atoms with Gasteiger partial charge in [-0.1, -0.05) is 39.0 Å². The Labute approximate surface area is 167 Å². The van der Waals surface area contributed by atoms with Gasteiger partial charge in [0.2, 0.25) is 11.8 Å². The second-order valence-corrected chi connectivity index (χ2v) is 8.29. The normalized spacial score (nSPS) is 11.6. The van der Waals surface area contributed by atoms with Crippen LogP contribution < -0.4 is 15.4 Å². The van der Waals surface area contributed by atoms with Gasteiger partial charge in [0.1, 0.15) is 11.2 Å². The van der Waals surface area contributed by atoms with Crippen molar-refractivity contribution in [2.45, 2.75) is 47.0 Å². The predicted octanol–water partition coefficient (Wildman–Crippen LogP) is 4.99. The molecule has 28 heavy (non-hydrogen) atoms. The zero-order chi connectivity index (χ0) is 20.9. The Morgan fingerprint density at radius 3 is 2.00 bits per heavy atom. The van der Waals surface area contributed by atoms with Gasteiger partial charge in [0.15, 0.2) is 0 Å². The molecule has 0 saturated heterocycles. The highest BCUT2D eigenvalue weighted by Gasteiger charge is 2.36. The maximum Gasteiger partial charge on any atom is 0.239 e. The summed E-state index contributed by atoms with van der Waals surface area (Å²) in [6.45, 7) is 12.0. The summed E-state index contributed by atoms with van der Waals surface area (Å²) in [6.07, 6.45) is 0. The molecule has 2 aromatic carbocycles. The van der Waals surface area contributed by atoms with E-state index in [1.807, 2.05) is 31.2 Å². The summed E-state index contributed by atoms with van der Waals surface area (Å²) in [5, 5.41) is 5.74. The van der Waals surface area contributed by atoms with Gasteiger partial charge in [-0.05, 0) is 62.1 Å². The van der Waals surface area contributed by atoms with Crippen molar-refractivity contribution >= 4 is 23.2 Å². The zero-order valence-electron chi connectivity index (χ0n) is 17.6. The number of amides is 2. The minimum absolute atomic E-state index is 0.126. The molecule has 0 aliphatic rings. The Bertz CT molecular complexity index is 834. The van der Waals surface area contributed by atoms with Crippen molar-refractivity contribution in [1.82, 2.24) is 0 Å². The average Bonchev–Trinajstić information content (AvgIpc) is 2.63. The lowest BCUT2D eigenvalue weighted by Crippen LogP contribution is -2.42. The van der Waals surface area contributed by atoms with Crippen LogP contribution in [0.25, 0.3) is 0 Å². The predicted molar refractivity (Wildman–Crippen MR) is 114 cm³/mol. The lowest BCUT2D eigenvalue weighted by molar-refractivity contribution is -0.135. The van der Waals surface area contributed by atoms with Crippen molar-refractivity contribution in [2.24, 2.45) is 5.41 Å². The molecule has 0 fully saturated rings.